The molecule has 0 rings (SSSR count). The molecule has 0 saturated heterocycles. The molecule has 1 unspecified atom stereocenters. The van der Waals surface area contributed by atoms with Crippen LogP contribution in [0.2, 0.25) is 0 Å². The fourth-order valence-corrected chi connectivity index (χ4v) is 0.228. The van der Waals surface area contributed by atoms with Crippen molar-refractivity contribution >= 4 is 0 Å². The number of ether oxygens (including phenoxy) is 1. The first-order chi connectivity index (χ1) is 3.62. The van der Waals surface area contributed by atoms with E-state index >= 15 is 0 Å². The molecule has 0 aromatic carbocycles. The maximum atomic E-state index is 5.42. The van der Waals surface area contributed by atoms with Gasteiger partial charge in [0.15, 0.2) is 5.72 Å². The van der Waals surface area contributed by atoms with Crippen LogP contribution in [-0.2, 0) is 4.74 Å². The van der Waals surface area contributed by atoms with Gasteiger partial charge in [-0.1, -0.05) is 13.2 Å². The molecule has 0 fully saturated rings. The maximum Gasteiger partial charge on any atom is 0.173 e. The van der Waals surface area contributed by atoms with Crippen molar-refractivity contribution < 1.29 is 4.74 Å². The van der Waals surface area contributed by atoms with Crippen molar-refractivity contribution in [1.29, 1.82) is 0 Å². The normalized spacial score (nSPS) is 16.2. The van der Waals surface area contributed by atoms with E-state index in [1.54, 1.807) is 6.92 Å². The third-order valence-electron chi connectivity index (χ3n) is 0.743. The Morgan fingerprint density at radius 1 is 1.62 bits per heavy atom. The summed E-state index contributed by atoms with van der Waals surface area (Å²) >= 11 is 0. The van der Waals surface area contributed by atoms with Gasteiger partial charge in [0.25, 0.3) is 0 Å². The Kier molecular flexibility index (Phi) is 2.28. The molecule has 0 spiro atoms. The SMILES string of the molecule is C=COC(C)(N)C=C. The van der Waals surface area contributed by atoms with Gasteiger partial charge in [0.2, 0.25) is 0 Å². The van der Waals surface area contributed by atoms with E-state index in [1.165, 1.54) is 12.3 Å². The third-order valence-corrected chi connectivity index (χ3v) is 0.743. The van der Waals surface area contributed by atoms with Crippen LogP contribution in [-0.4, -0.2) is 5.72 Å². The van der Waals surface area contributed by atoms with E-state index < -0.39 is 5.72 Å². The summed E-state index contributed by atoms with van der Waals surface area (Å²) in [7, 11) is 0. The smallest absolute Gasteiger partial charge is 0.173 e. The molecule has 2 N–H and O–H groups in total. The Bertz CT molecular complexity index is 96.7. The van der Waals surface area contributed by atoms with Crippen molar-refractivity contribution in [1.82, 2.24) is 0 Å². The second kappa shape index (κ2) is 2.52. The van der Waals surface area contributed by atoms with Gasteiger partial charge in [-0.15, -0.1) is 0 Å². The summed E-state index contributed by atoms with van der Waals surface area (Å²) in [4.78, 5) is 0. The van der Waals surface area contributed by atoms with Crippen molar-refractivity contribution in [3.05, 3.63) is 25.5 Å². The Morgan fingerprint density at radius 2 is 2.12 bits per heavy atom. The van der Waals surface area contributed by atoms with Gasteiger partial charge < -0.3 is 4.74 Å². The van der Waals surface area contributed by atoms with Crippen LogP contribution in [0.5, 0.6) is 0 Å². The summed E-state index contributed by atoms with van der Waals surface area (Å²) < 4.78 is 4.80. The molecular weight excluding hydrogens is 102 g/mol. The molecule has 0 amide bonds. The monoisotopic (exact) mass is 113 g/mol. The summed E-state index contributed by atoms with van der Waals surface area (Å²) in [6.45, 7) is 8.49. The Morgan fingerprint density at radius 3 is 2.25 bits per heavy atom. The molecule has 0 aliphatic carbocycles. The van der Waals surface area contributed by atoms with E-state index in [-0.39, 0.29) is 0 Å². The van der Waals surface area contributed by atoms with Crippen molar-refractivity contribution in [3.63, 3.8) is 0 Å². The fourth-order valence-electron chi connectivity index (χ4n) is 0.228. The van der Waals surface area contributed by atoms with Gasteiger partial charge in [0, 0.05) is 0 Å². The maximum absolute atomic E-state index is 5.42. The summed E-state index contributed by atoms with van der Waals surface area (Å²) in [5, 5.41) is 0. The highest BCUT2D eigenvalue weighted by molar-refractivity contribution is 4.89. The van der Waals surface area contributed by atoms with Crippen LogP contribution in [0, 0.1) is 0 Å². The highest BCUT2D eigenvalue weighted by Gasteiger charge is 2.10. The van der Waals surface area contributed by atoms with E-state index in [1.807, 2.05) is 0 Å². The topological polar surface area (TPSA) is 35.2 Å². The van der Waals surface area contributed by atoms with Crippen molar-refractivity contribution in [2.24, 2.45) is 5.73 Å². The standard InChI is InChI=1S/C6H11NO/c1-4-6(3,7)8-5-2/h4-5H,1-2,7H2,3H3. The number of nitrogens with two attached hydrogens (primary N) is 1. The summed E-state index contributed by atoms with van der Waals surface area (Å²) in [6.07, 6.45) is 2.80. The molecule has 0 aliphatic rings. The molecule has 0 saturated carbocycles. The van der Waals surface area contributed by atoms with Gasteiger partial charge in [-0.05, 0) is 13.0 Å². The van der Waals surface area contributed by atoms with Gasteiger partial charge >= 0.3 is 0 Å². The molecule has 2 nitrogen and oxygen atoms in total. The quantitative estimate of drug-likeness (QED) is 0.337. The van der Waals surface area contributed by atoms with Crippen LogP contribution >= 0.6 is 0 Å². The zero-order valence-corrected chi connectivity index (χ0v) is 5.05. The van der Waals surface area contributed by atoms with E-state index in [9.17, 15) is 0 Å². The molecule has 2 heteroatoms. The lowest BCUT2D eigenvalue weighted by Crippen LogP contribution is -2.34. The van der Waals surface area contributed by atoms with Gasteiger partial charge in [0.1, 0.15) is 0 Å². The highest BCUT2D eigenvalue weighted by Crippen LogP contribution is 2.00. The Balaban J connectivity index is 3.70. The first kappa shape index (κ1) is 7.24. The lowest BCUT2D eigenvalue weighted by atomic mass is 10.3. The van der Waals surface area contributed by atoms with Crippen molar-refractivity contribution in [2.75, 3.05) is 0 Å². The zero-order valence-electron chi connectivity index (χ0n) is 5.05. The van der Waals surface area contributed by atoms with Gasteiger partial charge in [-0.3, -0.25) is 5.73 Å². The average Bonchev–Trinajstić information content (AvgIpc) is 1.67. The molecule has 0 aliphatic heterocycles. The van der Waals surface area contributed by atoms with Crippen LogP contribution < -0.4 is 5.73 Å². The third kappa shape index (κ3) is 2.42. The van der Waals surface area contributed by atoms with Gasteiger partial charge in [-0.25, -0.2) is 0 Å². The predicted octanol–water partition coefficient (Wildman–Crippen LogP) is 1.01. The number of rotatable bonds is 3. The van der Waals surface area contributed by atoms with Crippen LogP contribution in [0.3, 0.4) is 0 Å². The van der Waals surface area contributed by atoms with E-state index in [0.29, 0.717) is 0 Å². The minimum absolute atomic E-state index is 0.762. The minimum Gasteiger partial charge on any atom is -0.478 e. The first-order valence-corrected chi connectivity index (χ1v) is 2.33. The molecule has 0 heterocycles. The summed E-state index contributed by atoms with van der Waals surface area (Å²) in [5.41, 5.74) is 4.65. The van der Waals surface area contributed by atoms with E-state index in [0.717, 1.165) is 0 Å². The second-order valence-corrected chi connectivity index (χ2v) is 1.67. The molecule has 8 heavy (non-hydrogen) atoms. The predicted molar refractivity (Wildman–Crippen MR) is 34.1 cm³/mol. The summed E-state index contributed by atoms with van der Waals surface area (Å²) in [6, 6.07) is 0. The fraction of sp³-hybridized carbons (Fsp3) is 0.333. The minimum atomic E-state index is -0.762. The average molecular weight is 113 g/mol. The number of hydrogen-bond acceptors (Lipinski definition) is 2. The van der Waals surface area contributed by atoms with Gasteiger partial charge in [-0.2, -0.15) is 0 Å². The molecule has 0 aromatic rings. The molecular formula is C6H11NO. The number of hydrogen-bond donors (Lipinski definition) is 1. The summed E-state index contributed by atoms with van der Waals surface area (Å²) in [5.74, 6) is 0. The molecule has 0 bridgehead atoms. The van der Waals surface area contributed by atoms with Crippen LogP contribution in [0.15, 0.2) is 25.5 Å². The molecule has 1 atom stereocenters. The van der Waals surface area contributed by atoms with Crippen molar-refractivity contribution in [3.8, 4) is 0 Å². The lowest BCUT2D eigenvalue weighted by Gasteiger charge is -2.17. The molecule has 46 valence electrons. The lowest BCUT2D eigenvalue weighted by molar-refractivity contribution is 0.0941. The zero-order chi connectivity index (χ0) is 6.62. The van der Waals surface area contributed by atoms with Gasteiger partial charge in [0.05, 0.1) is 6.26 Å². The highest BCUT2D eigenvalue weighted by atomic mass is 16.5. The second-order valence-electron chi connectivity index (χ2n) is 1.67. The first-order valence-electron chi connectivity index (χ1n) is 2.33. The van der Waals surface area contributed by atoms with Crippen LogP contribution in [0.1, 0.15) is 6.92 Å². The van der Waals surface area contributed by atoms with Crippen molar-refractivity contribution in [2.45, 2.75) is 12.6 Å². The molecule has 0 aromatic heterocycles. The van der Waals surface area contributed by atoms with Crippen LogP contribution in [0.25, 0.3) is 0 Å². The van der Waals surface area contributed by atoms with E-state index in [4.69, 9.17) is 10.5 Å². The Hall–Kier alpha value is -0.760. The van der Waals surface area contributed by atoms with Crippen LogP contribution in [0.4, 0.5) is 0 Å². The van der Waals surface area contributed by atoms with E-state index in [2.05, 4.69) is 13.2 Å². The molecule has 0 radical (unpaired) electrons. The Labute approximate surface area is 49.6 Å². The largest absolute Gasteiger partial charge is 0.478 e.